The molecule has 14 N–H and O–H groups in total. The van der Waals surface area contributed by atoms with Gasteiger partial charge in [-0.2, -0.15) is 0 Å². The molecule has 5 aliphatic carbocycles. The minimum atomic E-state index is -2.21. The Hall–Kier alpha value is -2.91. The molecule has 0 amide bonds. The van der Waals surface area contributed by atoms with Crippen molar-refractivity contribution in [3.63, 3.8) is 0 Å². The van der Waals surface area contributed by atoms with Gasteiger partial charge in [-0.15, -0.1) is 0 Å². The first kappa shape index (κ1) is 69.4. The quantitative estimate of drug-likeness (QED) is 0.0686. The first-order chi connectivity index (χ1) is 41.3. The molecule has 0 aromatic carbocycles. The number of carbonyl (C=O) groups excluding carboxylic acids is 2. The van der Waals surface area contributed by atoms with Crippen molar-refractivity contribution >= 4 is 17.9 Å². The number of ether oxygens (including phenoxy) is 9. The van der Waals surface area contributed by atoms with Crippen molar-refractivity contribution in [2.45, 2.75) is 243 Å². The van der Waals surface area contributed by atoms with E-state index in [1.165, 1.54) is 0 Å². The maximum Gasteiger partial charge on any atom is 0.335 e. The van der Waals surface area contributed by atoms with E-state index in [9.17, 15) is 85.9 Å². The lowest BCUT2D eigenvalue weighted by molar-refractivity contribution is -0.382. The summed E-state index contributed by atoms with van der Waals surface area (Å²) in [5.74, 6) is -5.56. The van der Waals surface area contributed by atoms with Gasteiger partial charge in [0.2, 0.25) is 0 Å². The number of allylic oxidation sites excluding steroid dienone is 2. The van der Waals surface area contributed by atoms with E-state index in [2.05, 4.69) is 27.7 Å². The van der Waals surface area contributed by atoms with Gasteiger partial charge in [-0.05, 0) is 136 Å². The van der Waals surface area contributed by atoms with Crippen molar-refractivity contribution in [2.24, 2.45) is 68.5 Å². The number of aliphatic hydroxyl groups excluding tert-OH is 13. The zero-order valence-electron chi connectivity index (χ0n) is 52.0. The third kappa shape index (κ3) is 11.2. The van der Waals surface area contributed by atoms with Crippen LogP contribution in [-0.4, -0.2) is 251 Å². The number of carbonyl (C=O) groups is 3. The number of fused-ring (bicyclic) bond motifs is 7. The Morgan fingerprint density at radius 1 is 0.568 bits per heavy atom. The van der Waals surface area contributed by atoms with Gasteiger partial charge < -0.3 is 114 Å². The van der Waals surface area contributed by atoms with Gasteiger partial charge in [-0.1, -0.05) is 53.7 Å². The van der Waals surface area contributed by atoms with Crippen molar-refractivity contribution in [2.75, 3.05) is 33.0 Å². The van der Waals surface area contributed by atoms with Gasteiger partial charge in [0.25, 0.3) is 0 Å². The molecule has 1 unspecified atom stereocenters. The predicted octanol–water partition coefficient (Wildman–Crippen LogP) is -1.06. The zero-order chi connectivity index (χ0) is 64.8. The number of carboxylic acids is 1. The van der Waals surface area contributed by atoms with E-state index in [1.54, 1.807) is 39.8 Å². The molecule has 88 heavy (non-hydrogen) atoms. The first-order valence-corrected chi connectivity index (χ1v) is 31.4. The van der Waals surface area contributed by atoms with Gasteiger partial charge in [0.15, 0.2) is 25.0 Å². The number of hydrogen-bond donors (Lipinski definition) is 14. The molecule has 0 spiro atoms. The highest BCUT2D eigenvalue weighted by Gasteiger charge is 2.76. The maximum absolute atomic E-state index is 13.9. The Morgan fingerprint density at radius 2 is 1.16 bits per heavy atom. The lowest BCUT2D eigenvalue weighted by atomic mass is 9.30. The smallest absolute Gasteiger partial charge is 0.335 e. The second kappa shape index (κ2) is 26.1. The van der Waals surface area contributed by atoms with Crippen LogP contribution < -0.4 is 0 Å². The molecule has 26 heteroatoms. The Kier molecular flexibility index (Phi) is 20.6. The number of hydrogen-bond acceptors (Lipinski definition) is 25. The van der Waals surface area contributed by atoms with E-state index in [0.29, 0.717) is 43.3 Å². The van der Waals surface area contributed by atoms with Crippen molar-refractivity contribution in [3.8, 4) is 0 Å². The molecule has 4 saturated heterocycles. The summed E-state index contributed by atoms with van der Waals surface area (Å²) in [6.45, 7) is 16.1. The predicted molar refractivity (Wildman–Crippen MR) is 302 cm³/mol. The highest BCUT2D eigenvalue weighted by molar-refractivity contribution is 5.88. The lowest BCUT2D eigenvalue weighted by Gasteiger charge is -2.75. The van der Waals surface area contributed by atoms with Crippen LogP contribution in [0.2, 0.25) is 0 Å². The first-order valence-electron chi connectivity index (χ1n) is 31.4. The summed E-state index contributed by atoms with van der Waals surface area (Å²) in [5, 5.41) is 158. The summed E-state index contributed by atoms with van der Waals surface area (Å²) in [6, 6.07) is 0. The van der Waals surface area contributed by atoms with Crippen LogP contribution in [0.5, 0.6) is 0 Å². The molecule has 9 fully saturated rings. The van der Waals surface area contributed by atoms with Crippen LogP contribution in [0.4, 0.5) is 0 Å². The molecule has 9 aliphatic rings. The molecule has 0 radical (unpaired) electrons. The zero-order valence-corrected chi connectivity index (χ0v) is 52.0. The van der Waals surface area contributed by atoms with Gasteiger partial charge in [0.1, 0.15) is 91.6 Å². The van der Waals surface area contributed by atoms with E-state index >= 15 is 0 Å². The van der Waals surface area contributed by atoms with Crippen LogP contribution in [-0.2, 0) is 57.0 Å². The Labute approximate surface area is 512 Å². The summed E-state index contributed by atoms with van der Waals surface area (Å²) in [5.41, 5.74) is -3.78. The van der Waals surface area contributed by atoms with E-state index in [4.69, 9.17) is 42.6 Å². The van der Waals surface area contributed by atoms with Crippen LogP contribution in [0, 0.1) is 68.5 Å². The van der Waals surface area contributed by atoms with Crippen LogP contribution in [0.1, 0.15) is 114 Å². The van der Waals surface area contributed by atoms with Gasteiger partial charge in [0.05, 0.1) is 44.1 Å². The van der Waals surface area contributed by atoms with Gasteiger partial charge in [-0.25, -0.2) is 14.4 Å². The van der Waals surface area contributed by atoms with Crippen LogP contribution in [0.3, 0.4) is 0 Å². The Bertz CT molecular complexity index is 2550. The molecule has 26 nitrogen and oxygen atoms in total. The van der Waals surface area contributed by atoms with Crippen LogP contribution in [0.25, 0.3) is 0 Å². The summed E-state index contributed by atoms with van der Waals surface area (Å²) >= 11 is 0. The van der Waals surface area contributed by atoms with E-state index < -0.39 is 225 Å². The molecule has 5 saturated carbocycles. The summed E-state index contributed by atoms with van der Waals surface area (Å²) in [4.78, 5) is 41.0. The van der Waals surface area contributed by atoms with Gasteiger partial charge in [0, 0.05) is 17.8 Å². The molecule has 0 bridgehead atoms. The van der Waals surface area contributed by atoms with Crippen molar-refractivity contribution in [1.29, 1.82) is 0 Å². The van der Waals surface area contributed by atoms with Crippen LogP contribution in [0.15, 0.2) is 23.3 Å². The summed E-state index contributed by atoms with van der Waals surface area (Å²) in [6.07, 6.45) is -30.4. The SMILES string of the molecule is C/C=C(/C)C(=O)O[C@@H]1[C@H](C)[C@@H](C)[C@@H]2[C@H]3CC[C@@H]4[C@@]5(C)CC[C@H]([C@@H]6O[C@H](C(=O)O)[C@@H](O)[C@H](O[C@@H]7OC[C@H](O)[C@H](O)[C@H]7O[C@@H]7OC[C@@H](O)[C@H](O)[C@H]7O)[C@H]6O[C@@H]6O[C@H](CO)[C@H](O)[C@H](O)[C@H]6O)[C@@](C)(CO)[C@@H]5CC[C@@]4(C)[C@]3(C)CC(O)[C@@]2(CO)[C@H]1OC(=O)/C(C)=C\C. The fraction of sp³-hybridized carbons (Fsp3) is 0.887. The Balaban J connectivity index is 1.08. The molecule has 33 atom stereocenters. The molecule has 0 aromatic rings. The van der Waals surface area contributed by atoms with E-state index in [1.807, 2.05) is 13.8 Å². The fourth-order valence-electron chi connectivity index (χ4n) is 18.8. The third-order valence-electron chi connectivity index (χ3n) is 24.3. The monoisotopic (exact) mass is 1260 g/mol. The van der Waals surface area contributed by atoms with Crippen LogP contribution >= 0.6 is 0 Å². The molecule has 4 heterocycles. The maximum atomic E-state index is 13.9. The van der Waals surface area contributed by atoms with Gasteiger partial charge in [-0.3, -0.25) is 0 Å². The minimum Gasteiger partial charge on any atom is -0.479 e. The molecule has 4 aliphatic heterocycles. The number of aliphatic carboxylic acids is 1. The van der Waals surface area contributed by atoms with Crippen molar-refractivity contribution in [3.05, 3.63) is 23.3 Å². The van der Waals surface area contributed by atoms with Gasteiger partial charge >= 0.3 is 17.9 Å². The van der Waals surface area contributed by atoms with E-state index in [0.717, 1.165) is 0 Å². The average Bonchev–Trinajstić information content (AvgIpc) is 0.680. The molecule has 0 aromatic heterocycles. The molecule has 9 rings (SSSR count). The average molecular weight is 1260 g/mol. The number of esters is 2. The topological polar surface area (TPSA) is 418 Å². The van der Waals surface area contributed by atoms with Crippen molar-refractivity contribution < 1.29 is 129 Å². The highest BCUT2D eigenvalue weighted by Crippen LogP contribution is 2.78. The standard InChI is InChI=1S/C62H98O26/c1-11-25(3)53(78)84-45-28(6)27(5)37-29-13-14-35-58(7)17-15-30(59(8,23-64)34(58)16-18-60(35,9)61(29,10)19-36(68)62(37,24-65)51(45)88-54(79)26(4)12-2)46-50(87-56-43(74)41(72)40(71)33(20-63)82-56)47(44(75)48(83-46)52(76)77)85-57-49(39(70)32(67)22-81-57)86-55-42(73)38(69)31(66)21-80-55/h11-12,27-51,55-57,63-75H,13-24H2,1-10H3,(H,76,77)/b25-11-,26-12-/t27-,28-,29-,30-,31-,32+,33-,34-,35-,36?,37-,38+,39+,40+,41+,42-,43-,44+,45-,46+,47+,48+,49-,50+,51+,55+,56+,57+,58+,59-,60-,61-,62-/m1/s1. The molecular weight excluding hydrogens is 1160 g/mol. The largest absolute Gasteiger partial charge is 0.479 e. The molecular formula is C62H98O26. The number of rotatable bonds is 15. The summed E-state index contributed by atoms with van der Waals surface area (Å²) < 4.78 is 55.3. The normalized spacial score (nSPS) is 52.5. The second-order valence-electron chi connectivity index (χ2n) is 28.2. The molecule has 502 valence electrons. The van der Waals surface area contributed by atoms with Crippen molar-refractivity contribution in [1.82, 2.24) is 0 Å². The highest BCUT2D eigenvalue weighted by atomic mass is 16.8. The Morgan fingerprint density at radius 3 is 1.76 bits per heavy atom. The summed E-state index contributed by atoms with van der Waals surface area (Å²) in [7, 11) is 0. The minimum absolute atomic E-state index is 0.0863. The number of carboxylic acid groups (broad SMARTS) is 1. The van der Waals surface area contributed by atoms with E-state index in [-0.39, 0.29) is 36.5 Å². The third-order valence-corrected chi connectivity index (χ3v) is 24.3. The fourth-order valence-corrected chi connectivity index (χ4v) is 18.8. The lowest BCUT2D eigenvalue weighted by Crippen LogP contribution is -2.75. The number of aliphatic hydroxyl groups is 13. The second-order valence-corrected chi connectivity index (χ2v) is 28.2.